The SMILES string of the molecule is CN(CCc1cccs1)c1cccc(Cl)c1C=O. The number of thiophene rings is 1. The maximum Gasteiger partial charge on any atom is 0.153 e. The lowest BCUT2D eigenvalue weighted by molar-refractivity contribution is 0.112. The van der Waals surface area contributed by atoms with Crippen molar-refractivity contribution in [3.05, 3.63) is 51.2 Å². The van der Waals surface area contributed by atoms with E-state index in [0.29, 0.717) is 10.6 Å². The largest absolute Gasteiger partial charge is 0.374 e. The van der Waals surface area contributed by atoms with Crippen molar-refractivity contribution in [1.82, 2.24) is 0 Å². The van der Waals surface area contributed by atoms with Crippen LogP contribution in [-0.2, 0) is 6.42 Å². The minimum atomic E-state index is 0.505. The summed E-state index contributed by atoms with van der Waals surface area (Å²) in [5.74, 6) is 0. The molecule has 0 aliphatic heterocycles. The Bertz CT molecular complexity index is 525. The van der Waals surface area contributed by atoms with E-state index in [1.165, 1.54) is 4.88 Å². The van der Waals surface area contributed by atoms with E-state index >= 15 is 0 Å². The summed E-state index contributed by atoms with van der Waals surface area (Å²) in [7, 11) is 1.98. The van der Waals surface area contributed by atoms with Crippen molar-refractivity contribution in [2.24, 2.45) is 0 Å². The minimum Gasteiger partial charge on any atom is -0.374 e. The highest BCUT2D eigenvalue weighted by atomic mass is 35.5. The molecule has 0 amide bonds. The molecule has 0 aliphatic rings. The van der Waals surface area contributed by atoms with Gasteiger partial charge in [-0.05, 0) is 30.0 Å². The molecule has 1 aromatic heterocycles. The second-order valence-corrected chi connectivity index (χ2v) is 5.48. The van der Waals surface area contributed by atoms with E-state index in [-0.39, 0.29) is 0 Å². The number of nitrogens with zero attached hydrogens (tertiary/aromatic N) is 1. The summed E-state index contributed by atoms with van der Waals surface area (Å²) in [5.41, 5.74) is 1.45. The molecule has 0 fully saturated rings. The third-order valence-corrected chi connectivity index (χ3v) is 4.10. The Labute approximate surface area is 116 Å². The van der Waals surface area contributed by atoms with Crippen molar-refractivity contribution in [1.29, 1.82) is 0 Å². The Morgan fingerprint density at radius 2 is 2.17 bits per heavy atom. The lowest BCUT2D eigenvalue weighted by Crippen LogP contribution is -2.21. The molecule has 0 saturated carbocycles. The molecule has 0 N–H and O–H groups in total. The Morgan fingerprint density at radius 3 is 2.83 bits per heavy atom. The zero-order valence-corrected chi connectivity index (χ0v) is 11.7. The summed E-state index contributed by atoms with van der Waals surface area (Å²) in [6, 6.07) is 9.70. The molecule has 0 radical (unpaired) electrons. The molecule has 1 aromatic carbocycles. The first-order valence-electron chi connectivity index (χ1n) is 5.69. The van der Waals surface area contributed by atoms with Gasteiger partial charge in [-0.2, -0.15) is 0 Å². The first kappa shape index (κ1) is 13.1. The van der Waals surface area contributed by atoms with Crippen molar-refractivity contribution in [3.63, 3.8) is 0 Å². The van der Waals surface area contributed by atoms with Crippen LogP contribution in [0.15, 0.2) is 35.7 Å². The highest BCUT2D eigenvalue weighted by molar-refractivity contribution is 7.09. The lowest BCUT2D eigenvalue weighted by Gasteiger charge is -2.21. The van der Waals surface area contributed by atoms with Crippen molar-refractivity contribution in [2.45, 2.75) is 6.42 Å². The highest BCUT2D eigenvalue weighted by Crippen LogP contribution is 2.25. The Kier molecular flexibility index (Phi) is 4.39. The fourth-order valence-corrected chi connectivity index (χ4v) is 2.74. The van der Waals surface area contributed by atoms with Gasteiger partial charge in [-0.3, -0.25) is 4.79 Å². The fraction of sp³-hybridized carbons (Fsp3) is 0.214. The molecular formula is C14H14ClNOS. The second-order valence-electron chi connectivity index (χ2n) is 4.04. The predicted molar refractivity (Wildman–Crippen MR) is 78.1 cm³/mol. The van der Waals surface area contributed by atoms with Gasteiger partial charge in [0.15, 0.2) is 6.29 Å². The van der Waals surface area contributed by atoms with E-state index in [4.69, 9.17) is 11.6 Å². The zero-order chi connectivity index (χ0) is 13.0. The summed E-state index contributed by atoms with van der Waals surface area (Å²) in [6.07, 6.45) is 1.79. The molecule has 0 spiro atoms. The van der Waals surface area contributed by atoms with Gasteiger partial charge in [0.25, 0.3) is 0 Å². The standard InChI is InChI=1S/C14H14ClNOS/c1-16(8-7-11-4-3-9-18-11)14-6-2-5-13(15)12(14)10-17/h2-6,9-10H,7-8H2,1H3. The monoisotopic (exact) mass is 279 g/mol. The smallest absolute Gasteiger partial charge is 0.153 e. The average molecular weight is 280 g/mol. The van der Waals surface area contributed by atoms with Gasteiger partial charge in [0.2, 0.25) is 0 Å². The van der Waals surface area contributed by atoms with Gasteiger partial charge in [-0.25, -0.2) is 0 Å². The molecule has 18 heavy (non-hydrogen) atoms. The van der Waals surface area contributed by atoms with Gasteiger partial charge in [0.05, 0.1) is 10.6 Å². The van der Waals surface area contributed by atoms with Crippen molar-refractivity contribution in [3.8, 4) is 0 Å². The van der Waals surface area contributed by atoms with E-state index in [1.807, 2.05) is 19.2 Å². The quantitative estimate of drug-likeness (QED) is 0.774. The van der Waals surface area contributed by atoms with Crippen LogP contribution < -0.4 is 4.90 Å². The van der Waals surface area contributed by atoms with Crippen LogP contribution in [0.25, 0.3) is 0 Å². The number of hydrogen-bond donors (Lipinski definition) is 0. The van der Waals surface area contributed by atoms with Gasteiger partial charge >= 0.3 is 0 Å². The number of halogens is 1. The van der Waals surface area contributed by atoms with Gasteiger partial charge < -0.3 is 4.90 Å². The topological polar surface area (TPSA) is 20.3 Å². The molecule has 0 aliphatic carbocycles. The lowest BCUT2D eigenvalue weighted by atomic mass is 10.1. The summed E-state index contributed by atoms with van der Waals surface area (Å²) in [5, 5.41) is 2.58. The third kappa shape index (κ3) is 2.92. The van der Waals surface area contributed by atoms with Gasteiger partial charge in [0, 0.05) is 24.2 Å². The molecule has 0 unspecified atom stereocenters. The Hall–Kier alpha value is -1.32. The summed E-state index contributed by atoms with van der Waals surface area (Å²) in [6.45, 7) is 0.863. The number of likely N-dealkylation sites (N-methyl/N-ethyl adjacent to an activating group) is 1. The number of hydrogen-bond acceptors (Lipinski definition) is 3. The normalized spacial score (nSPS) is 10.3. The first-order valence-corrected chi connectivity index (χ1v) is 6.95. The molecule has 0 atom stereocenters. The van der Waals surface area contributed by atoms with Crippen LogP contribution in [-0.4, -0.2) is 19.9 Å². The molecule has 2 rings (SSSR count). The van der Waals surface area contributed by atoms with E-state index < -0.39 is 0 Å². The van der Waals surface area contributed by atoms with E-state index in [9.17, 15) is 4.79 Å². The molecule has 0 bridgehead atoms. The van der Waals surface area contributed by atoms with E-state index in [2.05, 4.69) is 22.4 Å². The second kappa shape index (κ2) is 6.03. The first-order chi connectivity index (χ1) is 8.72. The summed E-state index contributed by atoms with van der Waals surface area (Å²) < 4.78 is 0. The Balaban J connectivity index is 2.11. The minimum absolute atomic E-state index is 0.505. The maximum absolute atomic E-state index is 11.1. The van der Waals surface area contributed by atoms with Crippen LogP contribution in [0, 0.1) is 0 Å². The van der Waals surface area contributed by atoms with Crippen LogP contribution in [0.4, 0.5) is 5.69 Å². The molecule has 2 aromatic rings. The Morgan fingerprint density at radius 1 is 1.33 bits per heavy atom. The van der Waals surface area contributed by atoms with Crippen LogP contribution in [0.1, 0.15) is 15.2 Å². The molecule has 1 heterocycles. The molecular weight excluding hydrogens is 266 g/mol. The van der Waals surface area contributed by atoms with Crippen LogP contribution in [0.5, 0.6) is 0 Å². The van der Waals surface area contributed by atoms with E-state index in [0.717, 1.165) is 24.9 Å². The van der Waals surface area contributed by atoms with Crippen LogP contribution in [0.2, 0.25) is 5.02 Å². The van der Waals surface area contributed by atoms with Crippen LogP contribution >= 0.6 is 22.9 Å². The number of anilines is 1. The zero-order valence-electron chi connectivity index (χ0n) is 10.1. The molecule has 4 heteroatoms. The van der Waals surface area contributed by atoms with Gasteiger partial charge in [-0.1, -0.05) is 23.7 Å². The van der Waals surface area contributed by atoms with E-state index in [1.54, 1.807) is 17.4 Å². The van der Waals surface area contributed by atoms with Crippen molar-refractivity contribution < 1.29 is 4.79 Å². The fourth-order valence-electron chi connectivity index (χ4n) is 1.83. The molecule has 2 nitrogen and oxygen atoms in total. The number of aldehydes is 1. The summed E-state index contributed by atoms with van der Waals surface area (Å²) in [4.78, 5) is 14.5. The molecule has 0 saturated heterocycles. The predicted octanol–water partition coefficient (Wildman–Crippen LogP) is 3.89. The number of carbonyl (C=O) groups is 1. The number of benzene rings is 1. The van der Waals surface area contributed by atoms with Gasteiger partial charge in [-0.15, -0.1) is 11.3 Å². The highest BCUT2D eigenvalue weighted by Gasteiger charge is 2.10. The maximum atomic E-state index is 11.1. The summed E-state index contributed by atoms with van der Waals surface area (Å²) >= 11 is 7.77. The molecule has 94 valence electrons. The average Bonchev–Trinajstić information content (AvgIpc) is 2.88. The van der Waals surface area contributed by atoms with Crippen molar-refractivity contribution >= 4 is 34.9 Å². The van der Waals surface area contributed by atoms with Crippen molar-refractivity contribution in [2.75, 3.05) is 18.5 Å². The number of rotatable bonds is 5. The van der Waals surface area contributed by atoms with Gasteiger partial charge in [0.1, 0.15) is 0 Å². The van der Waals surface area contributed by atoms with Crippen LogP contribution in [0.3, 0.4) is 0 Å². The number of carbonyl (C=O) groups excluding carboxylic acids is 1. The third-order valence-electron chi connectivity index (χ3n) is 2.83.